The van der Waals surface area contributed by atoms with Gasteiger partial charge < -0.3 is 18.6 Å². The van der Waals surface area contributed by atoms with Gasteiger partial charge in [-0.1, -0.05) is 59.7 Å². The van der Waals surface area contributed by atoms with Crippen molar-refractivity contribution in [1.82, 2.24) is 0 Å². The summed E-state index contributed by atoms with van der Waals surface area (Å²) in [6, 6.07) is 55.5. The molecule has 0 aliphatic carbocycles. The van der Waals surface area contributed by atoms with Gasteiger partial charge in [-0.2, -0.15) is 0 Å². The van der Waals surface area contributed by atoms with Crippen LogP contribution >= 0.6 is 0 Å². The lowest BCUT2D eigenvalue weighted by molar-refractivity contribution is 0.656. The standard InChI is InChI=1S/C57H46N2O2/c1-33-8-16-44(17-9-33)58(46-20-12-35(3)37(5)24-46)48-22-14-40-28-50-52(30-42(40)26-48)60-54-32-55-57(39(7)56(50)54)51-29-41-15-23-49(27-43(41)31-53(51)61-55)59(45-18-10-34(2)11-19-45)47-21-13-36(4)38(6)25-47/h8-32H,1-7H3. The van der Waals surface area contributed by atoms with Crippen molar-refractivity contribution < 1.29 is 8.83 Å². The summed E-state index contributed by atoms with van der Waals surface area (Å²) < 4.78 is 13.4. The maximum Gasteiger partial charge on any atom is 0.139 e. The molecule has 61 heavy (non-hydrogen) atoms. The zero-order chi connectivity index (χ0) is 41.7. The zero-order valence-corrected chi connectivity index (χ0v) is 35.6. The second kappa shape index (κ2) is 13.9. The van der Waals surface area contributed by atoms with Gasteiger partial charge in [-0.25, -0.2) is 0 Å². The summed E-state index contributed by atoms with van der Waals surface area (Å²) in [5, 5.41) is 9.07. The van der Waals surface area contributed by atoms with E-state index < -0.39 is 0 Å². The number of nitrogens with zero attached hydrogens (tertiary/aromatic N) is 2. The Bertz CT molecular complexity index is 3320. The molecule has 9 aromatic carbocycles. The van der Waals surface area contributed by atoms with Gasteiger partial charge >= 0.3 is 0 Å². The second-order valence-corrected chi connectivity index (χ2v) is 17.1. The van der Waals surface area contributed by atoms with E-state index in [1.165, 1.54) is 44.2 Å². The Morgan fingerprint density at radius 2 is 0.672 bits per heavy atom. The van der Waals surface area contributed by atoms with Crippen LogP contribution in [0.2, 0.25) is 0 Å². The Morgan fingerprint density at radius 3 is 1.08 bits per heavy atom. The summed E-state index contributed by atoms with van der Waals surface area (Å²) in [4.78, 5) is 4.68. The number of furan rings is 2. The summed E-state index contributed by atoms with van der Waals surface area (Å²) in [6.07, 6.45) is 0. The summed E-state index contributed by atoms with van der Waals surface area (Å²) in [5.74, 6) is 0. The average Bonchev–Trinajstić information content (AvgIpc) is 3.80. The average molecular weight is 791 g/mol. The van der Waals surface area contributed by atoms with Crippen LogP contribution in [0, 0.1) is 48.5 Å². The minimum Gasteiger partial charge on any atom is -0.456 e. The first-order valence-corrected chi connectivity index (χ1v) is 21.1. The van der Waals surface area contributed by atoms with E-state index >= 15 is 0 Å². The van der Waals surface area contributed by atoms with Crippen molar-refractivity contribution in [2.24, 2.45) is 0 Å². The number of hydrogen-bond acceptors (Lipinski definition) is 4. The van der Waals surface area contributed by atoms with Crippen molar-refractivity contribution in [1.29, 1.82) is 0 Å². The van der Waals surface area contributed by atoms with Crippen molar-refractivity contribution in [3.8, 4) is 0 Å². The van der Waals surface area contributed by atoms with Crippen molar-refractivity contribution >= 4 is 99.5 Å². The van der Waals surface area contributed by atoms with Gasteiger partial charge in [0.15, 0.2) is 0 Å². The first-order valence-electron chi connectivity index (χ1n) is 21.1. The van der Waals surface area contributed by atoms with Crippen LogP contribution in [-0.4, -0.2) is 0 Å². The van der Waals surface area contributed by atoms with Gasteiger partial charge in [-0.05, 0) is 195 Å². The van der Waals surface area contributed by atoms with Gasteiger partial charge in [0.1, 0.15) is 22.3 Å². The summed E-state index contributed by atoms with van der Waals surface area (Å²) in [6.45, 7) is 15.2. The van der Waals surface area contributed by atoms with E-state index in [1.807, 2.05) is 0 Å². The molecule has 0 amide bonds. The molecule has 2 aromatic heterocycles. The topological polar surface area (TPSA) is 32.8 Å². The minimum absolute atomic E-state index is 0.833. The Kier molecular flexibility index (Phi) is 8.37. The summed E-state index contributed by atoms with van der Waals surface area (Å²) in [7, 11) is 0. The molecule has 0 N–H and O–H groups in total. The predicted molar refractivity (Wildman–Crippen MR) is 259 cm³/mol. The van der Waals surface area contributed by atoms with Crippen LogP contribution in [0.25, 0.3) is 65.4 Å². The van der Waals surface area contributed by atoms with Crippen LogP contribution in [0.4, 0.5) is 34.1 Å². The molecule has 4 nitrogen and oxygen atoms in total. The second-order valence-electron chi connectivity index (χ2n) is 17.1. The lowest BCUT2D eigenvalue weighted by atomic mass is 9.98. The normalized spacial score (nSPS) is 11.9. The highest BCUT2D eigenvalue weighted by atomic mass is 16.3. The van der Waals surface area contributed by atoms with Gasteiger partial charge in [0.2, 0.25) is 0 Å². The highest BCUT2D eigenvalue weighted by Crippen LogP contribution is 2.44. The van der Waals surface area contributed by atoms with Crippen molar-refractivity contribution in [2.75, 3.05) is 9.80 Å². The molecular weight excluding hydrogens is 745 g/mol. The number of hydrogen-bond donors (Lipinski definition) is 0. The highest BCUT2D eigenvalue weighted by molar-refractivity contribution is 6.21. The quantitative estimate of drug-likeness (QED) is 0.168. The molecule has 0 fully saturated rings. The fraction of sp³-hybridized carbons (Fsp3) is 0.123. The largest absolute Gasteiger partial charge is 0.456 e. The molecule has 0 radical (unpaired) electrons. The molecule has 0 saturated heterocycles. The molecule has 2 heterocycles. The summed E-state index contributed by atoms with van der Waals surface area (Å²) >= 11 is 0. The minimum atomic E-state index is 0.833. The molecule has 11 rings (SSSR count). The number of rotatable bonds is 6. The lowest BCUT2D eigenvalue weighted by Crippen LogP contribution is -2.10. The molecule has 4 heteroatoms. The molecule has 0 saturated carbocycles. The maximum absolute atomic E-state index is 6.70. The van der Waals surface area contributed by atoms with Gasteiger partial charge in [0.25, 0.3) is 0 Å². The zero-order valence-electron chi connectivity index (χ0n) is 35.6. The first-order chi connectivity index (χ1) is 29.6. The van der Waals surface area contributed by atoms with E-state index in [0.29, 0.717) is 0 Å². The third kappa shape index (κ3) is 6.13. The van der Waals surface area contributed by atoms with Crippen molar-refractivity contribution in [3.63, 3.8) is 0 Å². The lowest BCUT2D eigenvalue weighted by Gasteiger charge is -2.26. The van der Waals surface area contributed by atoms with Crippen LogP contribution < -0.4 is 9.80 Å². The number of aryl methyl sites for hydroxylation is 7. The fourth-order valence-electron chi connectivity index (χ4n) is 9.20. The van der Waals surface area contributed by atoms with Gasteiger partial charge in [0.05, 0.1) is 0 Å². The van der Waals surface area contributed by atoms with Gasteiger partial charge in [-0.3, -0.25) is 0 Å². The molecule has 11 aromatic rings. The fourth-order valence-corrected chi connectivity index (χ4v) is 9.20. The van der Waals surface area contributed by atoms with E-state index in [0.717, 1.165) is 94.3 Å². The molecule has 0 unspecified atom stereocenters. The van der Waals surface area contributed by atoms with Crippen LogP contribution in [0.3, 0.4) is 0 Å². The van der Waals surface area contributed by atoms with Crippen molar-refractivity contribution in [3.05, 3.63) is 191 Å². The Morgan fingerprint density at radius 1 is 0.295 bits per heavy atom. The van der Waals surface area contributed by atoms with E-state index in [1.54, 1.807) is 0 Å². The number of fused-ring (bicyclic) bond motifs is 8. The van der Waals surface area contributed by atoms with Crippen LogP contribution in [0.15, 0.2) is 160 Å². The molecule has 0 aliphatic rings. The van der Waals surface area contributed by atoms with Gasteiger partial charge in [-0.15, -0.1) is 0 Å². The number of benzene rings is 9. The molecular formula is C57H46N2O2. The van der Waals surface area contributed by atoms with Crippen LogP contribution in [0.1, 0.15) is 38.9 Å². The van der Waals surface area contributed by atoms with Crippen LogP contribution in [-0.2, 0) is 0 Å². The molecule has 0 spiro atoms. The molecule has 0 bridgehead atoms. The Labute approximate surface area is 355 Å². The third-order valence-corrected chi connectivity index (χ3v) is 12.9. The van der Waals surface area contributed by atoms with E-state index in [2.05, 4.69) is 210 Å². The van der Waals surface area contributed by atoms with Crippen molar-refractivity contribution in [2.45, 2.75) is 48.5 Å². The molecule has 0 atom stereocenters. The maximum atomic E-state index is 6.70. The van der Waals surface area contributed by atoms with E-state index in [4.69, 9.17) is 8.83 Å². The highest BCUT2D eigenvalue weighted by Gasteiger charge is 2.21. The van der Waals surface area contributed by atoms with Gasteiger partial charge in [0, 0.05) is 61.7 Å². The Balaban J connectivity index is 1.02. The van der Waals surface area contributed by atoms with E-state index in [-0.39, 0.29) is 0 Å². The molecule has 296 valence electrons. The third-order valence-electron chi connectivity index (χ3n) is 12.9. The predicted octanol–water partition coefficient (Wildman–Crippen LogP) is 16.9. The first kappa shape index (κ1) is 36.8. The monoisotopic (exact) mass is 790 g/mol. The number of anilines is 6. The van der Waals surface area contributed by atoms with E-state index in [9.17, 15) is 0 Å². The SMILES string of the molecule is Cc1ccc(N(c2ccc(C)c(C)c2)c2ccc3cc4c(cc3c2)oc2cc3oc5cc6cc(N(c7ccc(C)cc7)c7ccc(C)c(C)c7)ccc6cc5c3c(C)c24)cc1. The summed E-state index contributed by atoms with van der Waals surface area (Å²) in [5.41, 5.74) is 18.9. The van der Waals surface area contributed by atoms with Crippen LogP contribution in [0.5, 0.6) is 0 Å². The molecule has 0 aliphatic heterocycles. The smallest absolute Gasteiger partial charge is 0.139 e. The Hall–Kier alpha value is -7.30.